The number of pyridine rings is 1. The number of hydrogen-bond acceptors (Lipinski definition) is 3. The van der Waals surface area contributed by atoms with Gasteiger partial charge in [-0.2, -0.15) is 5.10 Å². The van der Waals surface area contributed by atoms with E-state index in [4.69, 9.17) is 0 Å². The van der Waals surface area contributed by atoms with Crippen LogP contribution in [0.25, 0.3) is 5.82 Å². The molecule has 1 saturated carbocycles. The summed E-state index contributed by atoms with van der Waals surface area (Å²) in [7, 11) is 0. The van der Waals surface area contributed by atoms with Gasteiger partial charge in [0.1, 0.15) is 5.82 Å². The Bertz CT molecular complexity index is 764. The zero-order chi connectivity index (χ0) is 17.5. The van der Waals surface area contributed by atoms with Crippen molar-refractivity contribution in [3.8, 4) is 5.82 Å². The highest BCUT2D eigenvalue weighted by Gasteiger charge is 2.46. The lowest BCUT2D eigenvalue weighted by Crippen LogP contribution is -2.35. The van der Waals surface area contributed by atoms with Crippen molar-refractivity contribution in [3.63, 3.8) is 0 Å². The third-order valence-electron chi connectivity index (χ3n) is 4.14. The molecule has 1 aliphatic carbocycles. The molecule has 3 rings (SSSR count). The van der Waals surface area contributed by atoms with E-state index in [2.05, 4.69) is 26.0 Å². The van der Waals surface area contributed by atoms with Gasteiger partial charge >= 0.3 is 5.97 Å². The zero-order valence-electron chi connectivity index (χ0n) is 12.3. The molecule has 9 heteroatoms. The minimum Gasteiger partial charge on any atom is -0.481 e. The Morgan fingerprint density at radius 2 is 2.17 bits per heavy atom. The van der Waals surface area contributed by atoms with Crippen LogP contribution in [0.5, 0.6) is 0 Å². The summed E-state index contributed by atoms with van der Waals surface area (Å²) in [6.45, 7) is 0. The number of aromatic nitrogens is 3. The van der Waals surface area contributed by atoms with Crippen molar-refractivity contribution in [2.75, 3.05) is 0 Å². The average molecular weight is 404 g/mol. The Hall–Kier alpha value is -1.90. The molecular weight excluding hydrogens is 391 g/mol. The first-order valence-corrected chi connectivity index (χ1v) is 8.04. The lowest BCUT2D eigenvalue weighted by molar-refractivity contribution is -0.147. The van der Waals surface area contributed by atoms with E-state index in [1.165, 1.54) is 23.0 Å². The molecule has 0 aliphatic heterocycles. The van der Waals surface area contributed by atoms with Gasteiger partial charge in [0.05, 0.1) is 22.3 Å². The van der Waals surface area contributed by atoms with Crippen LogP contribution in [0.4, 0.5) is 13.2 Å². The Kier molecular flexibility index (Phi) is 4.37. The molecule has 1 N–H and O–H groups in total. The smallest absolute Gasteiger partial charge is 0.307 e. The van der Waals surface area contributed by atoms with Gasteiger partial charge in [0.25, 0.3) is 0 Å². The van der Waals surface area contributed by atoms with Crippen LogP contribution in [0.3, 0.4) is 0 Å². The van der Waals surface area contributed by atoms with Crippen molar-refractivity contribution < 1.29 is 23.1 Å². The molecule has 2 aromatic heterocycles. The van der Waals surface area contributed by atoms with Crippen LogP contribution < -0.4 is 0 Å². The number of halogens is 4. The van der Waals surface area contributed by atoms with E-state index in [-0.39, 0.29) is 12.1 Å². The number of carboxylic acid groups (broad SMARTS) is 1. The van der Waals surface area contributed by atoms with Crippen molar-refractivity contribution in [2.45, 2.75) is 31.1 Å². The monoisotopic (exact) mass is 403 g/mol. The molecule has 0 unspecified atom stereocenters. The van der Waals surface area contributed by atoms with E-state index in [1.54, 1.807) is 0 Å². The fraction of sp³-hybridized carbons (Fsp3) is 0.400. The van der Waals surface area contributed by atoms with E-state index in [0.29, 0.717) is 10.3 Å². The molecule has 128 valence electrons. The highest BCUT2D eigenvalue weighted by atomic mass is 79.9. The minimum atomic E-state index is -2.92. The molecule has 1 fully saturated rings. The second-order valence-electron chi connectivity index (χ2n) is 5.79. The summed E-state index contributed by atoms with van der Waals surface area (Å²) >= 11 is 3.26. The molecule has 2 aromatic rings. The molecule has 1 aliphatic rings. The molecule has 0 radical (unpaired) electrons. The number of carbonyl (C=O) groups is 1. The Labute approximate surface area is 143 Å². The SMILES string of the molecule is O=C(O)[C@@H]1CCC(F)(F)C[C@H]1c1nn(-c2ccc(F)cn2)cc1Br. The fourth-order valence-corrected chi connectivity index (χ4v) is 3.52. The third kappa shape index (κ3) is 3.31. The van der Waals surface area contributed by atoms with Crippen LogP contribution in [0, 0.1) is 11.7 Å². The molecule has 2 atom stereocenters. The number of rotatable bonds is 3. The maximum absolute atomic E-state index is 13.8. The summed E-state index contributed by atoms with van der Waals surface area (Å²) in [5.41, 5.74) is 0.243. The Morgan fingerprint density at radius 3 is 2.79 bits per heavy atom. The molecule has 24 heavy (non-hydrogen) atoms. The maximum Gasteiger partial charge on any atom is 0.307 e. The lowest BCUT2D eigenvalue weighted by atomic mass is 9.76. The largest absolute Gasteiger partial charge is 0.481 e. The van der Waals surface area contributed by atoms with Crippen molar-refractivity contribution in [3.05, 3.63) is 40.5 Å². The first-order valence-electron chi connectivity index (χ1n) is 7.24. The second-order valence-corrected chi connectivity index (χ2v) is 6.65. The van der Waals surface area contributed by atoms with Gasteiger partial charge in [-0.05, 0) is 34.5 Å². The van der Waals surface area contributed by atoms with Crippen molar-refractivity contribution in [1.82, 2.24) is 14.8 Å². The van der Waals surface area contributed by atoms with Crippen molar-refractivity contribution >= 4 is 21.9 Å². The molecular formula is C15H13BrF3N3O2. The summed E-state index contributed by atoms with van der Waals surface area (Å²) < 4.78 is 42.3. The first kappa shape index (κ1) is 16.9. The number of alkyl halides is 2. The molecule has 0 aromatic carbocycles. The molecule has 0 bridgehead atoms. The van der Waals surface area contributed by atoms with E-state index in [9.17, 15) is 23.1 Å². The van der Waals surface area contributed by atoms with Crippen LogP contribution in [-0.2, 0) is 4.79 Å². The second kappa shape index (κ2) is 6.19. The lowest BCUT2D eigenvalue weighted by Gasteiger charge is -2.32. The first-order chi connectivity index (χ1) is 11.3. The van der Waals surface area contributed by atoms with Gasteiger partial charge in [-0.15, -0.1) is 0 Å². The van der Waals surface area contributed by atoms with Crippen molar-refractivity contribution in [2.24, 2.45) is 5.92 Å². The van der Waals surface area contributed by atoms with Crippen LogP contribution in [-0.4, -0.2) is 31.8 Å². The molecule has 0 saturated heterocycles. The molecule has 0 spiro atoms. The van der Waals surface area contributed by atoms with Gasteiger partial charge in [-0.1, -0.05) is 0 Å². The van der Waals surface area contributed by atoms with Gasteiger partial charge in [-0.3, -0.25) is 4.79 Å². The number of nitrogens with zero attached hydrogens (tertiary/aromatic N) is 3. The average Bonchev–Trinajstić information content (AvgIpc) is 2.88. The van der Waals surface area contributed by atoms with Gasteiger partial charge in [-0.25, -0.2) is 22.8 Å². The van der Waals surface area contributed by atoms with E-state index in [0.717, 1.165) is 6.20 Å². The summed E-state index contributed by atoms with van der Waals surface area (Å²) in [6, 6.07) is 2.59. The van der Waals surface area contributed by atoms with Crippen LogP contribution in [0.1, 0.15) is 30.9 Å². The minimum absolute atomic E-state index is 0.110. The number of hydrogen-bond donors (Lipinski definition) is 1. The van der Waals surface area contributed by atoms with Crippen LogP contribution >= 0.6 is 15.9 Å². The molecule has 5 nitrogen and oxygen atoms in total. The van der Waals surface area contributed by atoms with Crippen molar-refractivity contribution in [1.29, 1.82) is 0 Å². The number of carboxylic acids is 1. The van der Waals surface area contributed by atoms with Crippen LogP contribution in [0.15, 0.2) is 29.0 Å². The highest BCUT2D eigenvalue weighted by molar-refractivity contribution is 9.10. The number of aliphatic carboxylic acids is 1. The zero-order valence-corrected chi connectivity index (χ0v) is 13.9. The molecule has 0 amide bonds. The topological polar surface area (TPSA) is 68.0 Å². The highest BCUT2D eigenvalue weighted by Crippen LogP contribution is 2.46. The Morgan fingerprint density at radius 1 is 1.42 bits per heavy atom. The predicted octanol–water partition coefficient (Wildman–Crippen LogP) is 3.77. The maximum atomic E-state index is 13.8. The third-order valence-corrected chi connectivity index (χ3v) is 4.75. The van der Waals surface area contributed by atoms with E-state index >= 15 is 0 Å². The van der Waals surface area contributed by atoms with Crippen LogP contribution in [0.2, 0.25) is 0 Å². The van der Waals surface area contributed by atoms with Gasteiger partial charge < -0.3 is 5.11 Å². The summed E-state index contributed by atoms with van der Waals surface area (Å²) in [5, 5.41) is 13.6. The quantitative estimate of drug-likeness (QED) is 0.846. The van der Waals surface area contributed by atoms with Gasteiger partial charge in [0.2, 0.25) is 5.92 Å². The fourth-order valence-electron chi connectivity index (χ4n) is 2.96. The summed E-state index contributed by atoms with van der Waals surface area (Å²) in [4.78, 5) is 15.3. The van der Waals surface area contributed by atoms with E-state index in [1.807, 2.05) is 0 Å². The molecule has 2 heterocycles. The summed E-state index contributed by atoms with van der Waals surface area (Å²) in [5.74, 6) is -6.08. The van der Waals surface area contributed by atoms with E-state index < -0.39 is 42.4 Å². The standard InChI is InChI=1S/C15H13BrF3N3O2/c16-11-7-22(12-2-1-8(17)6-20-12)21-13(11)10-5-15(18,19)4-3-9(10)14(23)24/h1-2,6-7,9-10H,3-5H2,(H,23,24)/t9-,10-/m1/s1. The Balaban J connectivity index is 1.98. The van der Waals surface area contributed by atoms with Gasteiger partial charge in [0.15, 0.2) is 5.82 Å². The normalized spacial score (nSPS) is 23.2. The van der Waals surface area contributed by atoms with Gasteiger partial charge in [0, 0.05) is 25.0 Å². The predicted molar refractivity (Wildman–Crippen MR) is 81.7 cm³/mol. The summed E-state index contributed by atoms with van der Waals surface area (Å²) in [6.07, 6.45) is 1.39.